The molecule has 0 aliphatic carbocycles. The van der Waals surface area contributed by atoms with Gasteiger partial charge in [-0.3, -0.25) is 0 Å². The molecule has 0 aromatic heterocycles. The number of methoxy groups -OCH3 is 2. The Morgan fingerprint density at radius 2 is 1.84 bits per heavy atom. The number of urea groups is 1. The molecule has 1 unspecified atom stereocenters. The summed E-state index contributed by atoms with van der Waals surface area (Å²) in [7, 11) is 3.15. The highest BCUT2D eigenvalue weighted by molar-refractivity contribution is 6.03. The van der Waals surface area contributed by atoms with E-state index in [1.807, 2.05) is 19.1 Å². The zero-order valence-electron chi connectivity index (χ0n) is 11.2. The predicted octanol–water partition coefficient (Wildman–Crippen LogP) is 1.56. The molecule has 1 aliphatic rings. The first-order valence-electron chi connectivity index (χ1n) is 5.98. The van der Waals surface area contributed by atoms with E-state index in [-0.39, 0.29) is 12.1 Å². The summed E-state index contributed by atoms with van der Waals surface area (Å²) in [6.45, 7) is 2.42. The molecule has 0 fully saturated rings. The molecule has 1 heterocycles. The number of nitrogens with two attached hydrogens (primary N) is 1. The SMILES string of the molecule is CCN1C(=O)N=C(N)C1c1cc(OC)cc(OC)c1. The second-order valence-electron chi connectivity index (χ2n) is 4.15. The van der Waals surface area contributed by atoms with Gasteiger partial charge < -0.3 is 20.1 Å². The number of benzene rings is 1. The van der Waals surface area contributed by atoms with Crippen molar-refractivity contribution in [3.05, 3.63) is 23.8 Å². The first-order valence-corrected chi connectivity index (χ1v) is 5.98. The highest BCUT2D eigenvalue weighted by atomic mass is 16.5. The van der Waals surface area contributed by atoms with Gasteiger partial charge in [-0.2, -0.15) is 4.99 Å². The van der Waals surface area contributed by atoms with E-state index < -0.39 is 0 Å². The maximum atomic E-state index is 11.7. The second-order valence-corrected chi connectivity index (χ2v) is 4.15. The molecule has 1 aromatic carbocycles. The van der Waals surface area contributed by atoms with Crippen LogP contribution in [0.4, 0.5) is 4.79 Å². The molecule has 1 aromatic rings. The normalized spacial score (nSPS) is 18.5. The number of hydrogen-bond acceptors (Lipinski definition) is 4. The standard InChI is InChI=1S/C13H17N3O3/c1-4-16-11(12(14)15-13(16)17)8-5-9(18-2)7-10(6-8)19-3/h5-7,11H,4H2,1-3H3,(H2,14,15,17). The molecule has 0 spiro atoms. The number of carbonyl (C=O) groups excluding carboxylic acids is 1. The van der Waals surface area contributed by atoms with Crippen LogP contribution >= 0.6 is 0 Å². The van der Waals surface area contributed by atoms with Crippen molar-refractivity contribution in [1.82, 2.24) is 4.90 Å². The summed E-state index contributed by atoms with van der Waals surface area (Å²) in [4.78, 5) is 17.1. The topological polar surface area (TPSA) is 77.2 Å². The van der Waals surface area contributed by atoms with Crippen LogP contribution in [0, 0.1) is 0 Å². The lowest BCUT2D eigenvalue weighted by Gasteiger charge is -2.23. The summed E-state index contributed by atoms with van der Waals surface area (Å²) in [6, 6.07) is 4.76. The Balaban J connectivity index is 2.45. The van der Waals surface area contributed by atoms with Crippen LogP contribution in [0.5, 0.6) is 11.5 Å². The van der Waals surface area contributed by atoms with Gasteiger partial charge in [0.1, 0.15) is 23.4 Å². The predicted molar refractivity (Wildman–Crippen MR) is 71.7 cm³/mol. The van der Waals surface area contributed by atoms with Crippen molar-refractivity contribution in [2.45, 2.75) is 13.0 Å². The monoisotopic (exact) mass is 263 g/mol. The average Bonchev–Trinajstić information content (AvgIpc) is 2.71. The van der Waals surface area contributed by atoms with Crippen molar-refractivity contribution in [3.63, 3.8) is 0 Å². The highest BCUT2D eigenvalue weighted by Crippen LogP contribution is 2.32. The zero-order chi connectivity index (χ0) is 14.0. The van der Waals surface area contributed by atoms with E-state index in [9.17, 15) is 4.79 Å². The Morgan fingerprint density at radius 3 is 2.32 bits per heavy atom. The molecule has 1 atom stereocenters. The summed E-state index contributed by atoms with van der Waals surface area (Å²) >= 11 is 0. The van der Waals surface area contributed by atoms with Gasteiger partial charge in [0.15, 0.2) is 0 Å². The molecule has 2 amide bonds. The summed E-state index contributed by atoms with van der Waals surface area (Å²) in [5.74, 6) is 1.59. The fourth-order valence-corrected chi connectivity index (χ4v) is 2.16. The van der Waals surface area contributed by atoms with Gasteiger partial charge in [0.2, 0.25) is 0 Å². The number of hydrogen-bond donors (Lipinski definition) is 1. The number of aliphatic imine (C=N–C) groups is 1. The van der Waals surface area contributed by atoms with Crippen molar-refractivity contribution in [3.8, 4) is 11.5 Å². The molecule has 2 N–H and O–H groups in total. The number of rotatable bonds is 4. The van der Waals surface area contributed by atoms with Crippen LogP contribution in [0.25, 0.3) is 0 Å². The number of carbonyl (C=O) groups is 1. The fourth-order valence-electron chi connectivity index (χ4n) is 2.16. The molecule has 0 saturated carbocycles. The average molecular weight is 263 g/mol. The van der Waals surface area contributed by atoms with Crippen molar-refractivity contribution >= 4 is 11.9 Å². The van der Waals surface area contributed by atoms with Gasteiger partial charge in [-0.25, -0.2) is 4.79 Å². The quantitative estimate of drug-likeness (QED) is 0.894. The fraction of sp³-hybridized carbons (Fsp3) is 0.385. The molecule has 0 radical (unpaired) electrons. The molecular weight excluding hydrogens is 246 g/mol. The third-order valence-corrected chi connectivity index (χ3v) is 3.09. The third kappa shape index (κ3) is 2.33. The van der Waals surface area contributed by atoms with Crippen molar-refractivity contribution < 1.29 is 14.3 Å². The minimum atomic E-state index is -0.360. The molecule has 1 aliphatic heterocycles. The van der Waals surface area contributed by atoms with Gasteiger partial charge in [0.05, 0.1) is 14.2 Å². The van der Waals surface area contributed by atoms with E-state index in [0.717, 1.165) is 5.56 Å². The minimum Gasteiger partial charge on any atom is -0.497 e. The molecule has 6 nitrogen and oxygen atoms in total. The van der Waals surface area contributed by atoms with E-state index >= 15 is 0 Å². The van der Waals surface area contributed by atoms with Gasteiger partial charge in [-0.1, -0.05) is 0 Å². The molecule has 2 rings (SSSR count). The molecular formula is C13H17N3O3. The lowest BCUT2D eigenvalue weighted by atomic mass is 10.0. The number of amidine groups is 1. The Bertz CT molecular complexity index is 506. The number of nitrogens with zero attached hydrogens (tertiary/aromatic N) is 2. The lowest BCUT2D eigenvalue weighted by molar-refractivity contribution is 0.209. The minimum absolute atomic E-state index is 0.294. The lowest BCUT2D eigenvalue weighted by Crippen LogP contribution is -2.33. The van der Waals surface area contributed by atoms with Crippen molar-refractivity contribution in [2.75, 3.05) is 20.8 Å². The Kier molecular flexibility index (Phi) is 3.59. The van der Waals surface area contributed by atoms with Crippen LogP contribution in [-0.4, -0.2) is 37.5 Å². The van der Waals surface area contributed by atoms with Gasteiger partial charge in [0.25, 0.3) is 0 Å². The van der Waals surface area contributed by atoms with Crippen LogP contribution in [0.1, 0.15) is 18.5 Å². The van der Waals surface area contributed by atoms with E-state index in [4.69, 9.17) is 15.2 Å². The Hall–Kier alpha value is -2.24. The second kappa shape index (κ2) is 5.17. The largest absolute Gasteiger partial charge is 0.497 e. The van der Waals surface area contributed by atoms with E-state index in [2.05, 4.69) is 4.99 Å². The molecule has 6 heteroatoms. The first kappa shape index (κ1) is 13.2. The van der Waals surface area contributed by atoms with Gasteiger partial charge in [0, 0.05) is 12.6 Å². The Labute approximate surface area is 111 Å². The Morgan fingerprint density at radius 1 is 1.26 bits per heavy atom. The maximum Gasteiger partial charge on any atom is 0.346 e. The number of amides is 2. The summed E-state index contributed by atoms with van der Waals surface area (Å²) in [5, 5.41) is 0. The molecule has 19 heavy (non-hydrogen) atoms. The van der Waals surface area contributed by atoms with Gasteiger partial charge in [-0.05, 0) is 24.6 Å². The smallest absolute Gasteiger partial charge is 0.346 e. The zero-order valence-corrected chi connectivity index (χ0v) is 11.2. The molecule has 0 saturated heterocycles. The van der Waals surface area contributed by atoms with E-state index in [1.54, 1.807) is 25.2 Å². The van der Waals surface area contributed by atoms with Crippen LogP contribution in [0.3, 0.4) is 0 Å². The van der Waals surface area contributed by atoms with E-state index in [0.29, 0.717) is 23.9 Å². The van der Waals surface area contributed by atoms with E-state index in [1.165, 1.54) is 0 Å². The van der Waals surface area contributed by atoms with Crippen LogP contribution in [0.2, 0.25) is 0 Å². The number of ether oxygens (including phenoxy) is 2. The van der Waals surface area contributed by atoms with Crippen LogP contribution < -0.4 is 15.2 Å². The summed E-state index contributed by atoms with van der Waals surface area (Å²) in [6.07, 6.45) is 0. The highest BCUT2D eigenvalue weighted by Gasteiger charge is 2.33. The third-order valence-electron chi connectivity index (χ3n) is 3.09. The van der Waals surface area contributed by atoms with Gasteiger partial charge >= 0.3 is 6.03 Å². The molecule has 102 valence electrons. The summed E-state index contributed by atoms with van der Waals surface area (Å²) in [5.41, 5.74) is 6.68. The van der Waals surface area contributed by atoms with Crippen molar-refractivity contribution in [2.24, 2.45) is 10.7 Å². The van der Waals surface area contributed by atoms with Crippen molar-refractivity contribution in [1.29, 1.82) is 0 Å². The van der Waals surface area contributed by atoms with Crippen LogP contribution in [0.15, 0.2) is 23.2 Å². The number of likely N-dealkylation sites (N-methyl/N-ethyl adjacent to an activating group) is 1. The maximum absolute atomic E-state index is 11.7. The van der Waals surface area contributed by atoms with Crippen LogP contribution in [-0.2, 0) is 0 Å². The van der Waals surface area contributed by atoms with Gasteiger partial charge in [-0.15, -0.1) is 0 Å². The molecule has 0 bridgehead atoms. The summed E-state index contributed by atoms with van der Waals surface area (Å²) < 4.78 is 10.4. The first-order chi connectivity index (χ1) is 9.10.